The molecule has 0 radical (unpaired) electrons. The van der Waals surface area contributed by atoms with Crippen molar-refractivity contribution in [2.24, 2.45) is 0 Å². The third-order valence-corrected chi connectivity index (χ3v) is 10.6. The fraction of sp³-hybridized carbons (Fsp3) is 0. The summed E-state index contributed by atoms with van der Waals surface area (Å²) >= 11 is 1.85. The van der Waals surface area contributed by atoms with Gasteiger partial charge in [-0.05, 0) is 64.9 Å². The van der Waals surface area contributed by atoms with Crippen LogP contribution in [0.5, 0.6) is 0 Å². The predicted molar refractivity (Wildman–Crippen MR) is 202 cm³/mol. The molecule has 0 aliphatic carbocycles. The van der Waals surface area contributed by atoms with Crippen LogP contribution in [0.25, 0.3) is 74.8 Å². The number of rotatable bonds is 4. The first kappa shape index (κ1) is 26.3. The lowest BCUT2D eigenvalue weighted by atomic mass is 9.98. The molecule has 2 aromatic heterocycles. The van der Waals surface area contributed by atoms with Crippen LogP contribution in [-0.4, -0.2) is 0 Å². The van der Waals surface area contributed by atoms with Crippen molar-refractivity contribution in [3.8, 4) is 11.1 Å². The van der Waals surface area contributed by atoms with Gasteiger partial charge in [-0.1, -0.05) is 115 Å². The van der Waals surface area contributed by atoms with Crippen molar-refractivity contribution in [2.75, 3.05) is 4.90 Å². The molecular weight excluding hydrogens is 591 g/mol. The maximum atomic E-state index is 6.89. The third kappa shape index (κ3) is 4.10. The molecule has 3 heteroatoms. The quantitative estimate of drug-likeness (QED) is 0.195. The zero-order chi connectivity index (χ0) is 30.9. The smallest absolute Gasteiger partial charge is 0.143 e. The summed E-state index contributed by atoms with van der Waals surface area (Å²) in [6.07, 6.45) is 0. The lowest BCUT2D eigenvalue weighted by molar-refractivity contribution is 0.674. The van der Waals surface area contributed by atoms with Gasteiger partial charge in [-0.25, -0.2) is 0 Å². The Labute approximate surface area is 275 Å². The van der Waals surface area contributed by atoms with Crippen LogP contribution in [0.3, 0.4) is 0 Å². The van der Waals surface area contributed by atoms with Crippen LogP contribution >= 0.6 is 11.3 Å². The molecule has 2 heterocycles. The van der Waals surface area contributed by atoms with E-state index in [2.05, 4.69) is 169 Å². The topological polar surface area (TPSA) is 16.4 Å². The molecule has 10 rings (SSSR count). The number of benzene rings is 8. The molecule has 0 spiro atoms. The molecule has 47 heavy (non-hydrogen) atoms. The van der Waals surface area contributed by atoms with E-state index in [-0.39, 0.29) is 0 Å². The summed E-state index contributed by atoms with van der Waals surface area (Å²) in [7, 11) is 0. The number of nitrogens with zero attached hydrogens (tertiary/aromatic N) is 1. The van der Waals surface area contributed by atoms with Crippen LogP contribution in [0, 0.1) is 0 Å². The van der Waals surface area contributed by atoms with E-state index in [4.69, 9.17) is 4.42 Å². The first-order valence-electron chi connectivity index (χ1n) is 15.9. The van der Waals surface area contributed by atoms with Gasteiger partial charge in [-0.3, -0.25) is 0 Å². The van der Waals surface area contributed by atoms with Crippen LogP contribution in [-0.2, 0) is 0 Å². The zero-order valence-corrected chi connectivity index (χ0v) is 26.2. The van der Waals surface area contributed by atoms with Crippen molar-refractivity contribution in [2.45, 2.75) is 0 Å². The van der Waals surface area contributed by atoms with E-state index in [9.17, 15) is 0 Å². The van der Waals surface area contributed by atoms with Gasteiger partial charge < -0.3 is 9.32 Å². The molecule has 0 N–H and O–H groups in total. The van der Waals surface area contributed by atoms with Gasteiger partial charge in [-0.15, -0.1) is 11.3 Å². The van der Waals surface area contributed by atoms with Gasteiger partial charge in [0.05, 0.1) is 5.69 Å². The normalized spacial score (nSPS) is 11.8. The third-order valence-electron chi connectivity index (χ3n) is 9.42. The monoisotopic (exact) mass is 617 g/mol. The van der Waals surface area contributed by atoms with Crippen molar-refractivity contribution in [3.63, 3.8) is 0 Å². The van der Waals surface area contributed by atoms with Gasteiger partial charge in [0.2, 0.25) is 0 Å². The second-order valence-electron chi connectivity index (χ2n) is 12.1. The molecule has 0 aliphatic heterocycles. The summed E-state index contributed by atoms with van der Waals surface area (Å²) in [5.41, 5.74) is 7.45. The minimum Gasteiger partial charge on any atom is -0.455 e. The lowest BCUT2D eigenvalue weighted by Gasteiger charge is -2.27. The summed E-state index contributed by atoms with van der Waals surface area (Å²) in [5, 5.41) is 9.50. The van der Waals surface area contributed by atoms with Crippen LogP contribution in [0.2, 0.25) is 0 Å². The highest BCUT2D eigenvalue weighted by molar-refractivity contribution is 7.25. The van der Waals surface area contributed by atoms with Crippen LogP contribution in [0.15, 0.2) is 168 Å². The fourth-order valence-electron chi connectivity index (χ4n) is 7.23. The Balaban J connectivity index is 1.25. The van der Waals surface area contributed by atoms with E-state index < -0.39 is 0 Å². The Morgan fingerprint density at radius 1 is 0.404 bits per heavy atom. The Hall–Kier alpha value is -5.90. The Morgan fingerprint density at radius 2 is 1.11 bits per heavy atom. The minimum atomic E-state index is 0.914. The average molecular weight is 618 g/mol. The minimum absolute atomic E-state index is 0.914. The Bertz CT molecular complexity index is 2810. The first-order valence-corrected chi connectivity index (χ1v) is 16.7. The molecule has 8 aromatic carbocycles. The summed E-state index contributed by atoms with van der Waals surface area (Å²) < 4.78 is 9.49. The Morgan fingerprint density at radius 3 is 2.00 bits per heavy atom. The highest BCUT2D eigenvalue weighted by Crippen LogP contribution is 2.47. The molecule has 0 aliphatic rings. The van der Waals surface area contributed by atoms with Crippen molar-refractivity contribution >= 4 is 92.1 Å². The van der Waals surface area contributed by atoms with Crippen molar-refractivity contribution in [1.82, 2.24) is 0 Å². The summed E-state index contributed by atoms with van der Waals surface area (Å²) in [4.78, 5) is 2.40. The van der Waals surface area contributed by atoms with Gasteiger partial charge in [-0.2, -0.15) is 0 Å². The fourth-order valence-corrected chi connectivity index (χ4v) is 8.31. The van der Waals surface area contributed by atoms with E-state index >= 15 is 0 Å². The van der Waals surface area contributed by atoms with Crippen molar-refractivity contribution in [1.29, 1.82) is 0 Å². The molecular formula is C44H27NOS. The molecule has 0 saturated heterocycles. The largest absolute Gasteiger partial charge is 0.455 e. The first-order chi connectivity index (χ1) is 23.3. The summed E-state index contributed by atoms with van der Waals surface area (Å²) in [6.45, 7) is 0. The summed E-state index contributed by atoms with van der Waals surface area (Å²) in [6, 6.07) is 59.0. The molecule has 2 nitrogen and oxygen atoms in total. The molecule has 0 saturated carbocycles. The maximum Gasteiger partial charge on any atom is 0.143 e. The van der Waals surface area contributed by atoms with Crippen LogP contribution < -0.4 is 4.90 Å². The number of anilines is 3. The van der Waals surface area contributed by atoms with Gasteiger partial charge in [0, 0.05) is 58.7 Å². The number of fused-ring (bicyclic) bond motifs is 9. The van der Waals surface area contributed by atoms with E-state index in [0.29, 0.717) is 0 Å². The molecule has 220 valence electrons. The second-order valence-corrected chi connectivity index (χ2v) is 13.2. The molecule has 0 unspecified atom stereocenters. The Kier molecular flexibility index (Phi) is 5.78. The predicted octanol–water partition coefficient (Wildman–Crippen LogP) is 13.4. The molecule has 0 atom stereocenters. The number of furan rings is 1. The van der Waals surface area contributed by atoms with Gasteiger partial charge >= 0.3 is 0 Å². The highest BCUT2D eigenvalue weighted by Gasteiger charge is 2.22. The lowest BCUT2D eigenvalue weighted by Crippen LogP contribution is -2.10. The number of hydrogen-bond donors (Lipinski definition) is 0. The van der Waals surface area contributed by atoms with Crippen molar-refractivity contribution in [3.05, 3.63) is 164 Å². The summed E-state index contributed by atoms with van der Waals surface area (Å²) in [5.74, 6) is 0. The number of thiophene rings is 1. The molecule has 0 fully saturated rings. The highest BCUT2D eigenvalue weighted by atomic mass is 32.1. The van der Waals surface area contributed by atoms with Crippen molar-refractivity contribution < 1.29 is 4.42 Å². The average Bonchev–Trinajstić information content (AvgIpc) is 3.70. The van der Waals surface area contributed by atoms with E-state index in [1.165, 1.54) is 30.9 Å². The maximum absolute atomic E-state index is 6.89. The standard InChI is InChI=1S/C44H27NOS/c1-2-13-31(14-3-1)45(32-23-24-42-38(26-32)35-16-8-9-20-41(35)47-42)40-27-39-37-19-10-18-33(30-22-21-28-11-4-5-12-29(28)25-30)43(37)46-44(39)36-17-7-6-15-34(36)40/h1-27H. The van der Waals surface area contributed by atoms with E-state index in [0.717, 1.165) is 60.9 Å². The molecule has 0 bridgehead atoms. The van der Waals surface area contributed by atoms with Crippen LogP contribution in [0.4, 0.5) is 17.1 Å². The van der Waals surface area contributed by atoms with E-state index in [1.54, 1.807) is 0 Å². The van der Waals surface area contributed by atoms with Crippen LogP contribution in [0.1, 0.15) is 0 Å². The number of para-hydroxylation sites is 2. The molecule has 10 aromatic rings. The molecule has 0 amide bonds. The SMILES string of the molecule is c1ccc(N(c2ccc3sc4ccccc4c3c2)c2cc3c4cccc(-c5ccc6ccccc6c5)c4oc3c3ccccc23)cc1. The van der Waals surface area contributed by atoms with E-state index in [1.807, 2.05) is 11.3 Å². The van der Waals surface area contributed by atoms with Gasteiger partial charge in [0.25, 0.3) is 0 Å². The zero-order valence-electron chi connectivity index (χ0n) is 25.4. The van der Waals surface area contributed by atoms with Gasteiger partial charge in [0.15, 0.2) is 0 Å². The number of hydrogen-bond acceptors (Lipinski definition) is 3. The van der Waals surface area contributed by atoms with Gasteiger partial charge in [0.1, 0.15) is 11.2 Å². The second kappa shape index (κ2) is 10.3.